The molecule has 0 radical (unpaired) electrons. The van der Waals surface area contributed by atoms with Gasteiger partial charge in [-0.3, -0.25) is 0 Å². The Hall–Kier alpha value is -1.29. The van der Waals surface area contributed by atoms with E-state index in [0.717, 1.165) is 12.0 Å². The zero-order chi connectivity index (χ0) is 10.7. The molecule has 0 aliphatic rings. The van der Waals surface area contributed by atoms with Crippen LogP contribution in [-0.2, 0) is 6.42 Å². The van der Waals surface area contributed by atoms with Crippen molar-refractivity contribution in [3.63, 3.8) is 0 Å². The number of nitrogens with zero attached hydrogens (tertiary/aromatic N) is 2. The first-order chi connectivity index (χ1) is 7.33. The summed E-state index contributed by atoms with van der Waals surface area (Å²) in [4.78, 5) is 1.23. The molecular formula is C11H12N2OS. The van der Waals surface area contributed by atoms with E-state index in [9.17, 15) is 0 Å². The van der Waals surface area contributed by atoms with Crippen LogP contribution in [0.15, 0.2) is 33.6 Å². The SMILES string of the molecule is CCc1nnc(-c2ccc(SC)cc2)o1. The Morgan fingerprint density at radius 2 is 1.93 bits per heavy atom. The van der Waals surface area contributed by atoms with Crippen molar-refractivity contribution >= 4 is 11.8 Å². The lowest BCUT2D eigenvalue weighted by Gasteiger charge is -1.96. The summed E-state index contributed by atoms with van der Waals surface area (Å²) in [6.45, 7) is 1.99. The molecule has 0 atom stereocenters. The van der Waals surface area contributed by atoms with Crippen LogP contribution < -0.4 is 0 Å². The molecule has 4 heteroatoms. The Labute approximate surface area is 92.9 Å². The van der Waals surface area contributed by atoms with Crippen LogP contribution in [0, 0.1) is 0 Å². The highest BCUT2D eigenvalue weighted by atomic mass is 32.2. The van der Waals surface area contributed by atoms with Crippen molar-refractivity contribution in [3.05, 3.63) is 30.2 Å². The summed E-state index contributed by atoms with van der Waals surface area (Å²) in [7, 11) is 0. The summed E-state index contributed by atoms with van der Waals surface area (Å²) >= 11 is 1.72. The van der Waals surface area contributed by atoms with Gasteiger partial charge < -0.3 is 4.42 Å². The third-order valence-corrected chi connectivity index (χ3v) is 2.85. The second-order valence-electron chi connectivity index (χ2n) is 3.08. The number of hydrogen-bond donors (Lipinski definition) is 0. The number of aryl methyl sites for hydroxylation is 1. The number of aromatic nitrogens is 2. The predicted octanol–water partition coefficient (Wildman–Crippen LogP) is 3.02. The molecule has 0 spiro atoms. The van der Waals surface area contributed by atoms with Crippen LogP contribution in [0.25, 0.3) is 11.5 Å². The molecule has 1 aromatic heterocycles. The molecule has 15 heavy (non-hydrogen) atoms. The van der Waals surface area contributed by atoms with Gasteiger partial charge in [0, 0.05) is 16.9 Å². The second-order valence-corrected chi connectivity index (χ2v) is 3.96. The number of hydrogen-bond acceptors (Lipinski definition) is 4. The van der Waals surface area contributed by atoms with Gasteiger partial charge in [0.2, 0.25) is 11.8 Å². The summed E-state index contributed by atoms with van der Waals surface area (Å²) in [5.41, 5.74) is 0.972. The summed E-state index contributed by atoms with van der Waals surface area (Å²) < 4.78 is 5.46. The largest absolute Gasteiger partial charge is 0.421 e. The Morgan fingerprint density at radius 1 is 1.20 bits per heavy atom. The minimum Gasteiger partial charge on any atom is -0.421 e. The highest BCUT2D eigenvalue weighted by Crippen LogP contribution is 2.21. The molecule has 2 aromatic rings. The lowest BCUT2D eigenvalue weighted by atomic mass is 10.2. The van der Waals surface area contributed by atoms with Crippen LogP contribution in [0.2, 0.25) is 0 Å². The Balaban J connectivity index is 2.28. The van der Waals surface area contributed by atoms with Crippen molar-refractivity contribution in [2.45, 2.75) is 18.2 Å². The first kappa shape index (κ1) is 10.2. The molecule has 1 heterocycles. The monoisotopic (exact) mass is 220 g/mol. The molecular weight excluding hydrogens is 208 g/mol. The third-order valence-electron chi connectivity index (χ3n) is 2.11. The van der Waals surface area contributed by atoms with Gasteiger partial charge in [-0.05, 0) is 30.5 Å². The van der Waals surface area contributed by atoms with Crippen LogP contribution in [0.5, 0.6) is 0 Å². The number of benzene rings is 1. The first-order valence-corrected chi connectivity index (χ1v) is 6.02. The van der Waals surface area contributed by atoms with E-state index < -0.39 is 0 Å². The maximum Gasteiger partial charge on any atom is 0.247 e. The molecule has 78 valence electrons. The first-order valence-electron chi connectivity index (χ1n) is 4.80. The van der Waals surface area contributed by atoms with Gasteiger partial charge in [0.1, 0.15) is 0 Å². The Bertz CT molecular complexity index is 436. The van der Waals surface area contributed by atoms with Crippen LogP contribution in [0.3, 0.4) is 0 Å². The number of rotatable bonds is 3. The van der Waals surface area contributed by atoms with Gasteiger partial charge in [0.15, 0.2) is 0 Å². The second kappa shape index (κ2) is 4.49. The van der Waals surface area contributed by atoms with E-state index in [1.165, 1.54) is 4.90 Å². The van der Waals surface area contributed by atoms with Gasteiger partial charge >= 0.3 is 0 Å². The van der Waals surface area contributed by atoms with Crippen molar-refractivity contribution < 1.29 is 4.42 Å². The minimum atomic E-state index is 0.597. The molecule has 0 aliphatic heterocycles. The van der Waals surface area contributed by atoms with Gasteiger partial charge in [0.05, 0.1) is 0 Å². The van der Waals surface area contributed by atoms with E-state index in [2.05, 4.69) is 28.6 Å². The molecule has 0 fully saturated rings. The highest BCUT2D eigenvalue weighted by molar-refractivity contribution is 7.98. The molecule has 0 bridgehead atoms. The standard InChI is InChI=1S/C11H12N2OS/c1-3-10-12-13-11(14-10)8-4-6-9(15-2)7-5-8/h4-7H,3H2,1-2H3. The molecule has 2 rings (SSSR count). The summed E-state index contributed by atoms with van der Waals surface area (Å²) in [5, 5.41) is 7.92. The van der Waals surface area contributed by atoms with E-state index >= 15 is 0 Å². The summed E-state index contributed by atoms with van der Waals surface area (Å²) in [5.74, 6) is 1.28. The van der Waals surface area contributed by atoms with Crippen molar-refractivity contribution in [3.8, 4) is 11.5 Å². The van der Waals surface area contributed by atoms with Crippen molar-refractivity contribution in [2.24, 2.45) is 0 Å². The fourth-order valence-corrected chi connectivity index (χ4v) is 1.65. The van der Waals surface area contributed by atoms with Gasteiger partial charge in [-0.25, -0.2) is 0 Å². The average Bonchev–Trinajstić information content (AvgIpc) is 2.78. The molecule has 0 aliphatic carbocycles. The third kappa shape index (κ3) is 2.21. The van der Waals surface area contributed by atoms with Gasteiger partial charge in [-0.2, -0.15) is 0 Å². The van der Waals surface area contributed by atoms with E-state index in [-0.39, 0.29) is 0 Å². The van der Waals surface area contributed by atoms with E-state index in [0.29, 0.717) is 11.8 Å². The number of thioether (sulfide) groups is 1. The molecule has 0 N–H and O–H groups in total. The molecule has 1 aromatic carbocycles. The minimum absolute atomic E-state index is 0.597. The van der Waals surface area contributed by atoms with E-state index in [1.807, 2.05) is 19.1 Å². The quantitative estimate of drug-likeness (QED) is 0.745. The van der Waals surface area contributed by atoms with Gasteiger partial charge in [-0.15, -0.1) is 22.0 Å². The predicted molar refractivity (Wildman–Crippen MR) is 60.9 cm³/mol. The molecule has 3 nitrogen and oxygen atoms in total. The van der Waals surface area contributed by atoms with Crippen LogP contribution in [-0.4, -0.2) is 16.5 Å². The van der Waals surface area contributed by atoms with Crippen LogP contribution >= 0.6 is 11.8 Å². The lowest BCUT2D eigenvalue weighted by Crippen LogP contribution is -1.77. The Kier molecular flexibility index (Phi) is 3.06. The van der Waals surface area contributed by atoms with Crippen molar-refractivity contribution in [1.82, 2.24) is 10.2 Å². The fraction of sp³-hybridized carbons (Fsp3) is 0.273. The Morgan fingerprint density at radius 3 is 2.47 bits per heavy atom. The van der Waals surface area contributed by atoms with Gasteiger partial charge in [0.25, 0.3) is 0 Å². The van der Waals surface area contributed by atoms with E-state index in [1.54, 1.807) is 11.8 Å². The van der Waals surface area contributed by atoms with E-state index in [4.69, 9.17) is 4.42 Å². The lowest BCUT2D eigenvalue weighted by molar-refractivity contribution is 0.513. The molecule has 0 amide bonds. The zero-order valence-corrected chi connectivity index (χ0v) is 9.54. The van der Waals surface area contributed by atoms with Crippen molar-refractivity contribution in [2.75, 3.05) is 6.26 Å². The maximum atomic E-state index is 5.46. The summed E-state index contributed by atoms with van der Waals surface area (Å²) in [6, 6.07) is 8.10. The zero-order valence-electron chi connectivity index (χ0n) is 8.73. The van der Waals surface area contributed by atoms with Gasteiger partial charge in [-0.1, -0.05) is 6.92 Å². The van der Waals surface area contributed by atoms with Crippen LogP contribution in [0.1, 0.15) is 12.8 Å². The maximum absolute atomic E-state index is 5.46. The molecule has 0 saturated carbocycles. The highest BCUT2D eigenvalue weighted by Gasteiger charge is 2.06. The molecule has 0 unspecified atom stereocenters. The molecule has 0 saturated heterocycles. The fourth-order valence-electron chi connectivity index (χ4n) is 1.25. The van der Waals surface area contributed by atoms with Crippen LogP contribution in [0.4, 0.5) is 0 Å². The van der Waals surface area contributed by atoms with Crippen molar-refractivity contribution in [1.29, 1.82) is 0 Å². The smallest absolute Gasteiger partial charge is 0.247 e. The normalized spacial score (nSPS) is 10.5. The topological polar surface area (TPSA) is 38.9 Å². The average molecular weight is 220 g/mol. The summed E-state index contributed by atoms with van der Waals surface area (Å²) in [6.07, 6.45) is 2.83.